The molecule has 6 heteroatoms. The average molecular weight is 754 g/mol. The first-order chi connectivity index (χ1) is 9.39. The van der Waals surface area contributed by atoms with Gasteiger partial charge in [0.05, 0.1) is 0 Å². The SMILES string of the molecule is I[Si](I)(C1CC2CCC1C2)[Si](I)(I)C1CC2CCC1C2. The van der Waals surface area contributed by atoms with Gasteiger partial charge in [0.15, 0.2) is 0 Å². The normalized spacial score (nSPS) is 47.4. The molecule has 0 saturated heterocycles. The number of rotatable bonds is 3. The van der Waals surface area contributed by atoms with Crippen LogP contribution >= 0.6 is 87.2 Å². The molecule has 6 atom stereocenters. The van der Waals surface area contributed by atoms with Crippen molar-refractivity contribution in [2.24, 2.45) is 23.7 Å². The summed E-state index contributed by atoms with van der Waals surface area (Å²) in [6.07, 6.45) is 12.8. The molecule has 0 amide bonds. The highest BCUT2D eigenvalue weighted by Gasteiger charge is 2.65. The molecule has 0 N–H and O–H groups in total. The van der Waals surface area contributed by atoms with Gasteiger partial charge < -0.3 is 0 Å². The summed E-state index contributed by atoms with van der Waals surface area (Å²) in [5.41, 5.74) is 2.36. The third kappa shape index (κ3) is 2.60. The van der Waals surface area contributed by atoms with Crippen LogP contribution in [0.25, 0.3) is 0 Å². The van der Waals surface area contributed by atoms with Gasteiger partial charge in [-0.1, -0.05) is 25.7 Å². The van der Waals surface area contributed by atoms with Gasteiger partial charge in [-0.3, -0.25) is 0 Å². The molecule has 0 aromatic rings. The van der Waals surface area contributed by atoms with Crippen LogP contribution in [0.5, 0.6) is 0 Å². The second-order valence-corrected chi connectivity index (χ2v) is 61.5. The Morgan fingerprint density at radius 1 is 0.550 bits per heavy atom. The molecule has 0 aromatic carbocycles. The smallest absolute Gasteiger partial charge is 0.106 e. The van der Waals surface area contributed by atoms with Crippen molar-refractivity contribution < 1.29 is 0 Å². The lowest BCUT2D eigenvalue weighted by Gasteiger charge is -2.44. The summed E-state index contributed by atoms with van der Waals surface area (Å²) < 4.78 is -2.20. The number of halogens is 4. The molecule has 0 radical (unpaired) electrons. The highest BCUT2D eigenvalue weighted by molar-refractivity contribution is 14.3. The van der Waals surface area contributed by atoms with E-state index in [4.69, 9.17) is 0 Å². The van der Waals surface area contributed by atoms with Gasteiger partial charge in [-0.2, -0.15) is 0 Å². The van der Waals surface area contributed by atoms with Gasteiger partial charge in [0.1, 0.15) is 0 Å². The van der Waals surface area contributed by atoms with Crippen molar-refractivity contribution in [2.75, 3.05) is 0 Å². The van der Waals surface area contributed by atoms with Gasteiger partial charge >= 0.3 is 0 Å². The van der Waals surface area contributed by atoms with Gasteiger partial charge in [0.25, 0.3) is 0 Å². The molecule has 4 saturated carbocycles. The van der Waals surface area contributed by atoms with Gasteiger partial charge in [-0.15, -0.1) is 87.2 Å². The first-order valence-electron chi connectivity index (χ1n) is 8.15. The van der Waals surface area contributed by atoms with Gasteiger partial charge in [-0.05, 0) is 60.4 Å². The summed E-state index contributed by atoms with van der Waals surface area (Å²) >= 11 is 12.3. The second-order valence-electron chi connectivity index (χ2n) is 7.81. The fourth-order valence-electron chi connectivity index (χ4n) is 5.87. The topological polar surface area (TPSA) is 0 Å². The van der Waals surface area contributed by atoms with Crippen molar-refractivity contribution >= 4 is 92.4 Å². The van der Waals surface area contributed by atoms with E-state index in [0.29, 0.717) is 0 Å². The minimum Gasteiger partial charge on any atom is -0.106 e. The van der Waals surface area contributed by atoms with Crippen molar-refractivity contribution in [1.29, 1.82) is 0 Å². The minimum atomic E-state index is -1.10. The Hall–Kier alpha value is 3.35. The molecule has 0 heterocycles. The van der Waals surface area contributed by atoms with Crippen molar-refractivity contribution in [1.82, 2.24) is 0 Å². The zero-order valence-corrected chi connectivity index (χ0v) is 22.3. The highest BCUT2D eigenvalue weighted by atomic mass is 127. The summed E-state index contributed by atoms with van der Waals surface area (Å²) in [6.45, 7) is 0. The quantitative estimate of drug-likeness (QED) is 0.165. The molecule has 6 unspecified atom stereocenters. The maximum atomic E-state index is 3.08. The van der Waals surface area contributed by atoms with Crippen molar-refractivity contribution in [3.05, 3.63) is 0 Å². The summed E-state index contributed by atoms with van der Waals surface area (Å²) in [5, 5.41) is 0. The lowest BCUT2D eigenvalue weighted by molar-refractivity contribution is 0.472. The molecular formula is C14H22I4Si2. The van der Waals surface area contributed by atoms with Gasteiger partial charge in [-0.25, -0.2) is 0 Å². The van der Waals surface area contributed by atoms with Crippen LogP contribution in [-0.4, -0.2) is 5.17 Å². The van der Waals surface area contributed by atoms with E-state index in [1.165, 1.54) is 11.1 Å². The average Bonchev–Trinajstić information content (AvgIpc) is 3.17. The monoisotopic (exact) mass is 754 g/mol. The van der Waals surface area contributed by atoms with E-state index in [2.05, 4.69) is 87.2 Å². The van der Waals surface area contributed by atoms with Crippen LogP contribution in [0.2, 0.25) is 11.1 Å². The molecule has 4 fully saturated rings. The Labute approximate surface area is 175 Å². The molecule has 0 aliphatic heterocycles. The third-order valence-corrected chi connectivity index (χ3v) is 93.3. The van der Waals surface area contributed by atoms with Gasteiger partial charge in [0, 0.05) is 0 Å². The van der Waals surface area contributed by atoms with Crippen LogP contribution in [0, 0.1) is 23.7 Å². The van der Waals surface area contributed by atoms with E-state index >= 15 is 0 Å². The second kappa shape index (κ2) is 5.96. The van der Waals surface area contributed by atoms with Crippen LogP contribution in [0.1, 0.15) is 51.4 Å². The van der Waals surface area contributed by atoms with Crippen molar-refractivity contribution in [3.8, 4) is 0 Å². The van der Waals surface area contributed by atoms with E-state index in [1.54, 1.807) is 51.4 Å². The molecule has 4 aliphatic carbocycles. The zero-order valence-electron chi connectivity index (χ0n) is 11.6. The summed E-state index contributed by atoms with van der Waals surface area (Å²) in [7, 11) is 0. The zero-order chi connectivity index (χ0) is 14.1. The van der Waals surface area contributed by atoms with Crippen LogP contribution in [0.4, 0.5) is 0 Å². The lowest BCUT2D eigenvalue weighted by Crippen LogP contribution is -2.53. The predicted molar refractivity (Wildman–Crippen MR) is 126 cm³/mol. The Morgan fingerprint density at radius 3 is 1.20 bits per heavy atom. The molecule has 4 aliphatic rings. The summed E-state index contributed by atoms with van der Waals surface area (Å²) in [5.74, 6) is 4.57. The predicted octanol–water partition coefficient (Wildman–Crippen LogP) is 7.07. The lowest BCUT2D eigenvalue weighted by atomic mass is 10.0. The minimum absolute atomic E-state index is 1.10. The van der Waals surface area contributed by atoms with Gasteiger partial charge in [0.2, 0.25) is 5.17 Å². The molecule has 0 spiro atoms. The van der Waals surface area contributed by atoms with Crippen LogP contribution in [-0.2, 0) is 0 Å². The first-order valence-corrected chi connectivity index (χ1v) is 25.8. The van der Waals surface area contributed by atoms with Crippen LogP contribution < -0.4 is 0 Å². The molecule has 4 bridgehead atoms. The van der Waals surface area contributed by atoms with E-state index in [9.17, 15) is 0 Å². The molecular weight excluding hydrogens is 732 g/mol. The Morgan fingerprint density at radius 2 is 0.950 bits per heavy atom. The third-order valence-electron chi connectivity index (χ3n) is 6.85. The standard InChI is InChI=1S/C14H22I4Si2/c15-19(16,13-7-9-1-3-11(13)5-9)20(17,18)14-8-10-2-4-12(14)6-10/h9-14H,1-8H2. The van der Waals surface area contributed by atoms with Crippen LogP contribution in [0.3, 0.4) is 0 Å². The number of fused-ring (bicyclic) bond motifs is 4. The van der Waals surface area contributed by atoms with E-state index in [-0.39, 0.29) is 0 Å². The molecule has 0 nitrogen and oxygen atoms in total. The van der Waals surface area contributed by atoms with Crippen LogP contribution in [0.15, 0.2) is 0 Å². The molecule has 20 heavy (non-hydrogen) atoms. The van der Waals surface area contributed by atoms with Crippen molar-refractivity contribution in [3.63, 3.8) is 0 Å². The maximum absolute atomic E-state index is 3.08. The maximum Gasteiger partial charge on any atom is 0.208 e. The van der Waals surface area contributed by atoms with E-state index in [1.807, 2.05) is 0 Å². The summed E-state index contributed by atoms with van der Waals surface area (Å²) in [6, 6.07) is 0. The van der Waals surface area contributed by atoms with Crippen molar-refractivity contribution in [2.45, 2.75) is 62.4 Å². The van der Waals surface area contributed by atoms with E-state index in [0.717, 1.165) is 23.7 Å². The molecule has 114 valence electrons. The highest BCUT2D eigenvalue weighted by Crippen LogP contribution is 2.68. The Balaban J connectivity index is 1.58. The number of hydrogen-bond donors (Lipinski definition) is 0. The Bertz CT molecular complexity index is 376. The van der Waals surface area contributed by atoms with E-state index < -0.39 is 5.17 Å². The number of hydrogen-bond acceptors (Lipinski definition) is 0. The fourth-order valence-corrected chi connectivity index (χ4v) is 38.5. The first kappa shape index (κ1) is 16.8. The largest absolute Gasteiger partial charge is 0.208 e. The Kier molecular flexibility index (Phi) is 5.01. The molecule has 4 rings (SSSR count). The fraction of sp³-hybridized carbons (Fsp3) is 1.00. The molecule has 0 aromatic heterocycles. The summed E-state index contributed by atoms with van der Waals surface area (Å²) in [4.78, 5) is 0.